The van der Waals surface area contributed by atoms with Crippen LogP contribution in [-0.2, 0) is 5.54 Å². The van der Waals surface area contributed by atoms with Gasteiger partial charge in [0.1, 0.15) is 5.69 Å². The number of nitrogens with two attached hydrogens (primary N) is 1. The smallest absolute Gasteiger partial charge is 0.259 e. The standard InChI is InChI=1S/C16H16N4O2.ClH/c1-10-11(5-6-12(18-10)13-4-2-9-21-13)14-19-15(20-22-14)16(17)7-3-8-16;/h2,4-6,9H,3,7-8,17H2,1H3;1H. The van der Waals surface area contributed by atoms with Crippen molar-refractivity contribution in [1.82, 2.24) is 15.1 Å². The van der Waals surface area contributed by atoms with Crippen molar-refractivity contribution in [3.8, 4) is 22.9 Å². The number of pyridine rings is 1. The van der Waals surface area contributed by atoms with Crippen LogP contribution in [-0.4, -0.2) is 15.1 Å². The Labute approximate surface area is 139 Å². The first kappa shape index (κ1) is 15.7. The van der Waals surface area contributed by atoms with Gasteiger partial charge in [0.2, 0.25) is 0 Å². The molecule has 0 aliphatic heterocycles. The van der Waals surface area contributed by atoms with Crippen LogP contribution in [0.5, 0.6) is 0 Å². The van der Waals surface area contributed by atoms with E-state index in [0.717, 1.165) is 42.0 Å². The fraction of sp³-hybridized carbons (Fsp3) is 0.312. The maximum absolute atomic E-state index is 6.23. The molecule has 6 nitrogen and oxygen atoms in total. The summed E-state index contributed by atoms with van der Waals surface area (Å²) in [5.74, 6) is 1.78. The predicted octanol–water partition coefficient (Wildman–Crippen LogP) is 3.46. The van der Waals surface area contributed by atoms with Crippen molar-refractivity contribution in [2.75, 3.05) is 0 Å². The summed E-state index contributed by atoms with van der Waals surface area (Å²) in [5.41, 5.74) is 8.21. The molecule has 1 fully saturated rings. The third-order valence-electron chi connectivity index (χ3n) is 4.21. The second-order valence-electron chi connectivity index (χ2n) is 5.74. The third kappa shape index (κ3) is 2.64. The van der Waals surface area contributed by atoms with E-state index in [1.807, 2.05) is 31.2 Å². The van der Waals surface area contributed by atoms with Crippen molar-refractivity contribution in [3.05, 3.63) is 42.0 Å². The van der Waals surface area contributed by atoms with Crippen molar-refractivity contribution in [3.63, 3.8) is 0 Å². The summed E-state index contributed by atoms with van der Waals surface area (Å²) in [6, 6.07) is 7.51. The molecule has 4 rings (SSSR count). The second-order valence-corrected chi connectivity index (χ2v) is 5.74. The van der Waals surface area contributed by atoms with Crippen LogP contribution in [0, 0.1) is 6.92 Å². The van der Waals surface area contributed by atoms with Crippen molar-refractivity contribution >= 4 is 12.4 Å². The van der Waals surface area contributed by atoms with Crippen LogP contribution < -0.4 is 5.73 Å². The van der Waals surface area contributed by atoms with Crippen LogP contribution in [0.3, 0.4) is 0 Å². The molecule has 3 heterocycles. The summed E-state index contributed by atoms with van der Waals surface area (Å²) in [6.45, 7) is 1.91. The Morgan fingerprint density at radius 1 is 1.17 bits per heavy atom. The van der Waals surface area contributed by atoms with Crippen LogP contribution in [0.15, 0.2) is 39.5 Å². The van der Waals surface area contributed by atoms with E-state index in [1.165, 1.54) is 0 Å². The summed E-state index contributed by atoms with van der Waals surface area (Å²) < 4.78 is 10.7. The molecule has 120 valence electrons. The van der Waals surface area contributed by atoms with Gasteiger partial charge in [-0.1, -0.05) is 5.16 Å². The number of furan rings is 1. The van der Waals surface area contributed by atoms with Gasteiger partial charge in [0.15, 0.2) is 11.6 Å². The maximum atomic E-state index is 6.23. The molecule has 0 aromatic carbocycles. The predicted molar refractivity (Wildman–Crippen MR) is 86.9 cm³/mol. The Morgan fingerprint density at radius 3 is 2.61 bits per heavy atom. The quantitative estimate of drug-likeness (QED) is 0.789. The molecular formula is C16H17ClN4O2. The van der Waals surface area contributed by atoms with E-state index in [-0.39, 0.29) is 12.4 Å². The number of hydrogen-bond donors (Lipinski definition) is 1. The minimum atomic E-state index is -0.419. The number of nitrogens with zero attached hydrogens (tertiary/aromatic N) is 3. The van der Waals surface area contributed by atoms with Gasteiger partial charge in [-0.15, -0.1) is 12.4 Å². The van der Waals surface area contributed by atoms with Gasteiger partial charge in [-0.05, 0) is 50.5 Å². The number of halogens is 1. The Hall–Kier alpha value is -2.18. The highest BCUT2D eigenvalue weighted by atomic mass is 35.5. The number of hydrogen-bond acceptors (Lipinski definition) is 6. The van der Waals surface area contributed by atoms with Crippen molar-refractivity contribution < 1.29 is 8.94 Å². The van der Waals surface area contributed by atoms with E-state index >= 15 is 0 Å². The minimum absolute atomic E-state index is 0. The van der Waals surface area contributed by atoms with Gasteiger partial charge in [0.25, 0.3) is 5.89 Å². The van der Waals surface area contributed by atoms with Gasteiger partial charge in [-0.3, -0.25) is 0 Å². The summed E-state index contributed by atoms with van der Waals surface area (Å²) in [7, 11) is 0. The topological polar surface area (TPSA) is 91.0 Å². The van der Waals surface area contributed by atoms with Crippen molar-refractivity contribution in [2.45, 2.75) is 31.7 Å². The zero-order valence-corrected chi connectivity index (χ0v) is 13.5. The molecule has 0 atom stereocenters. The Morgan fingerprint density at radius 2 is 2.00 bits per heavy atom. The molecule has 7 heteroatoms. The molecule has 2 N–H and O–H groups in total. The highest BCUT2D eigenvalue weighted by Gasteiger charge is 2.39. The van der Waals surface area contributed by atoms with Crippen LogP contribution in [0.2, 0.25) is 0 Å². The van der Waals surface area contributed by atoms with Crippen LogP contribution in [0.25, 0.3) is 22.9 Å². The van der Waals surface area contributed by atoms with Gasteiger partial charge in [-0.25, -0.2) is 4.98 Å². The third-order valence-corrected chi connectivity index (χ3v) is 4.21. The van der Waals surface area contributed by atoms with Gasteiger partial charge in [-0.2, -0.15) is 4.98 Å². The first-order chi connectivity index (χ1) is 10.7. The van der Waals surface area contributed by atoms with Crippen LogP contribution >= 0.6 is 12.4 Å². The lowest BCUT2D eigenvalue weighted by atomic mass is 9.77. The first-order valence-corrected chi connectivity index (χ1v) is 7.31. The molecule has 0 amide bonds. The van der Waals surface area contributed by atoms with Gasteiger partial charge in [0.05, 0.1) is 23.1 Å². The highest BCUT2D eigenvalue weighted by Crippen LogP contribution is 2.38. The molecule has 1 saturated carbocycles. The molecule has 1 aliphatic carbocycles. The number of rotatable bonds is 3. The highest BCUT2D eigenvalue weighted by molar-refractivity contribution is 5.85. The number of aromatic nitrogens is 3. The SMILES string of the molecule is Cc1nc(-c2ccco2)ccc1-c1nc(C2(N)CCC2)no1.Cl. The van der Waals surface area contributed by atoms with Crippen LogP contribution in [0.4, 0.5) is 0 Å². The Balaban J connectivity index is 0.00000156. The second kappa shape index (κ2) is 5.79. The molecule has 0 radical (unpaired) electrons. The zero-order valence-electron chi connectivity index (χ0n) is 12.7. The maximum Gasteiger partial charge on any atom is 0.259 e. The van der Waals surface area contributed by atoms with E-state index < -0.39 is 5.54 Å². The zero-order chi connectivity index (χ0) is 15.2. The fourth-order valence-corrected chi connectivity index (χ4v) is 2.67. The molecule has 0 saturated heterocycles. The average Bonchev–Trinajstić information content (AvgIpc) is 3.16. The monoisotopic (exact) mass is 332 g/mol. The molecule has 0 bridgehead atoms. The van der Waals surface area contributed by atoms with E-state index in [4.69, 9.17) is 14.7 Å². The molecule has 23 heavy (non-hydrogen) atoms. The summed E-state index contributed by atoms with van der Waals surface area (Å²) >= 11 is 0. The summed E-state index contributed by atoms with van der Waals surface area (Å²) in [4.78, 5) is 9.01. The molecule has 3 aromatic rings. The summed E-state index contributed by atoms with van der Waals surface area (Å²) in [6.07, 6.45) is 4.55. The molecule has 1 aliphatic rings. The largest absolute Gasteiger partial charge is 0.463 e. The minimum Gasteiger partial charge on any atom is -0.463 e. The molecular weight excluding hydrogens is 316 g/mol. The van der Waals surface area contributed by atoms with E-state index in [2.05, 4.69) is 15.1 Å². The van der Waals surface area contributed by atoms with Gasteiger partial charge in [0, 0.05) is 0 Å². The van der Waals surface area contributed by atoms with Crippen LogP contribution in [0.1, 0.15) is 30.8 Å². The van der Waals surface area contributed by atoms with E-state index in [1.54, 1.807) is 6.26 Å². The van der Waals surface area contributed by atoms with E-state index in [9.17, 15) is 0 Å². The lowest BCUT2D eigenvalue weighted by Gasteiger charge is -2.34. The van der Waals surface area contributed by atoms with Crippen molar-refractivity contribution in [1.29, 1.82) is 0 Å². The molecule has 0 spiro atoms. The Bertz CT molecular complexity index is 809. The number of aryl methyl sites for hydroxylation is 1. The van der Waals surface area contributed by atoms with Gasteiger partial charge >= 0.3 is 0 Å². The first-order valence-electron chi connectivity index (χ1n) is 7.31. The van der Waals surface area contributed by atoms with E-state index in [0.29, 0.717) is 11.7 Å². The summed E-state index contributed by atoms with van der Waals surface area (Å²) in [5, 5.41) is 4.04. The lowest BCUT2D eigenvalue weighted by Crippen LogP contribution is -2.44. The lowest BCUT2D eigenvalue weighted by molar-refractivity contribution is 0.229. The molecule has 3 aromatic heterocycles. The fourth-order valence-electron chi connectivity index (χ4n) is 2.67. The molecule has 0 unspecified atom stereocenters. The van der Waals surface area contributed by atoms with Crippen molar-refractivity contribution in [2.24, 2.45) is 5.73 Å². The van der Waals surface area contributed by atoms with Gasteiger partial charge < -0.3 is 14.7 Å². The Kier molecular flexibility index (Phi) is 3.95. The normalized spacial score (nSPS) is 15.7. The average molecular weight is 333 g/mol.